The topological polar surface area (TPSA) is 38.3 Å². The van der Waals surface area contributed by atoms with Crippen molar-refractivity contribution in [2.24, 2.45) is 0 Å². The molecule has 2 rings (SSSR count). The van der Waals surface area contributed by atoms with Gasteiger partial charge in [-0.05, 0) is 44.2 Å². The first kappa shape index (κ1) is 15.5. The number of hydrogen-bond acceptors (Lipinski definition) is 3. The number of amides is 1. The van der Waals surface area contributed by atoms with Crippen molar-refractivity contribution in [2.75, 3.05) is 6.61 Å². The molecular formula is C16H25NO2S. The van der Waals surface area contributed by atoms with Gasteiger partial charge in [0.2, 0.25) is 0 Å². The second-order valence-corrected chi connectivity index (χ2v) is 6.74. The fourth-order valence-corrected chi connectivity index (χ4v) is 3.74. The molecule has 4 heteroatoms. The molecule has 0 saturated carbocycles. The molecule has 0 spiro atoms. The van der Waals surface area contributed by atoms with Crippen LogP contribution < -0.4 is 5.32 Å². The normalized spacial score (nSPS) is 20.1. The molecule has 2 atom stereocenters. The minimum absolute atomic E-state index is 0.0582. The molecule has 20 heavy (non-hydrogen) atoms. The van der Waals surface area contributed by atoms with Crippen LogP contribution in [0.25, 0.3) is 0 Å². The van der Waals surface area contributed by atoms with Crippen molar-refractivity contribution in [3.05, 3.63) is 21.4 Å². The molecule has 1 N–H and O–H groups in total. The summed E-state index contributed by atoms with van der Waals surface area (Å²) in [7, 11) is 0. The fraction of sp³-hybridized carbons (Fsp3) is 0.688. The van der Waals surface area contributed by atoms with Gasteiger partial charge in [-0.1, -0.05) is 20.3 Å². The van der Waals surface area contributed by atoms with Crippen LogP contribution in [0.5, 0.6) is 0 Å². The van der Waals surface area contributed by atoms with Crippen molar-refractivity contribution in [1.82, 2.24) is 5.32 Å². The van der Waals surface area contributed by atoms with E-state index in [4.69, 9.17) is 4.74 Å². The summed E-state index contributed by atoms with van der Waals surface area (Å²) in [6.45, 7) is 7.20. The maximum Gasteiger partial charge on any atom is 0.261 e. The third kappa shape index (κ3) is 3.61. The summed E-state index contributed by atoms with van der Waals surface area (Å²) in [5.74, 6) is 0.0582. The number of carbonyl (C=O) groups excluding carboxylic acids is 1. The standard InChI is InChI=1S/C16H25NO2S/c1-4-7-12-10-15(20-11(12)3)16(18)17-13(5-2)14-8-6-9-19-14/h10,13-14H,4-9H2,1-3H3,(H,17,18)/t13-,14+/m0/s1. The maximum atomic E-state index is 12.4. The number of nitrogens with one attached hydrogen (secondary N) is 1. The van der Waals surface area contributed by atoms with E-state index in [0.717, 1.165) is 43.6 Å². The lowest BCUT2D eigenvalue weighted by molar-refractivity contribution is 0.0667. The van der Waals surface area contributed by atoms with E-state index in [9.17, 15) is 4.79 Å². The first-order valence-electron chi connectivity index (χ1n) is 7.67. The Morgan fingerprint density at radius 2 is 2.35 bits per heavy atom. The van der Waals surface area contributed by atoms with E-state index >= 15 is 0 Å². The summed E-state index contributed by atoms with van der Waals surface area (Å²) in [5, 5.41) is 3.15. The number of ether oxygens (including phenoxy) is 1. The van der Waals surface area contributed by atoms with E-state index in [1.807, 2.05) is 0 Å². The monoisotopic (exact) mass is 295 g/mol. The predicted molar refractivity (Wildman–Crippen MR) is 83.6 cm³/mol. The SMILES string of the molecule is CCCc1cc(C(=O)N[C@@H](CC)[C@H]2CCCO2)sc1C. The largest absolute Gasteiger partial charge is 0.376 e. The summed E-state index contributed by atoms with van der Waals surface area (Å²) < 4.78 is 5.70. The van der Waals surface area contributed by atoms with Crippen LogP contribution in [0.1, 0.15) is 59.6 Å². The van der Waals surface area contributed by atoms with Crippen LogP contribution in [0.3, 0.4) is 0 Å². The second kappa shape index (κ2) is 7.23. The third-order valence-electron chi connectivity index (χ3n) is 3.93. The molecule has 0 bridgehead atoms. The Morgan fingerprint density at radius 3 is 2.95 bits per heavy atom. The van der Waals surface area contributed by atoms with E-state index in [2.05, 4.69) is 32.2 Å². The van der Waals surface area contributed by atoms with Gasteiger partial charge >= 0.3 is 0 Å². The number of carbonyl (C=O) groups is 1. The zero-order valence-electron chi connectivity index (χ0n) is 12.7. The highest BCUT2D eigenvalue weighted by molar-refractivity contribution is 7.14. The molecule has 1 aliphatic heterocycles. The predicted octanol–water partition coefficient (Wildman–Crippen LogP) is 3.70. The maximum absolute atomic E-state index is 12.4. The Morgan fingerprint density at radius 1 is 1.55 bits per heavy atom. The minimum Gasteiger partial charge on any atom is -0.376 e. The quantitative estimate of drug-likeness (QED) is 0.869. The van der Waals surface area contributed by atoms with Crippen molar-refractivity contribution in [3.63, 3.8) is 0 Å². The fourth-order valence-electron chi connectivity index (χ4n) is 2.77. The molecular weight excluding hydrogens is 270 g/mol. The molecule has 1 aromatic heterocycles. The van der Waals surface area contributed by atoms with Gasteiger partial charge in [0.1, 0.15) is 0 Å². The van der Waals surface area contributed by atoms with E-state index in [0.29, 0.717) is 0 Å². The lowest BCUT2D eigenvalue weighted by atomic mass is 10.1. The lowest BCUT2D eigenvalue weighted by Crippen LogP contribution is -2.42. The Labute approximate surface area is 125 Å². The van der Waals surface area contributed by atoms with Crippen LogP contribution in [0.15, 0.2) is 6.07 Å². The van der Waals surface area contributed by atoms with Gasteiger partial charge in [0.15, 0.2) is 0 Å². The van der Waals surface area contributed by atoms with E-state index < -0.39 is 0 Å². The van der Waals surface area contributed by atoms with E-state index in [1.54, 1.807) is 11.3 Å². The Kier molecular flexibility index (Phi) is 5.61. The second-order valence-electron chi connectivity index (χ2n) is 5.48. The van der Waals surface area contributed by atoms with Crippen molar-refractivity contribution >= 4 is 17.2 Å². The molecule has 1 saturated heterocycles. The van der Waals surface area contributed by atoms with Gasteiger partial charge in [-0.15, -0.1) is 11.3 Å². The van der Waals surface area contributed by atoms with Gasteiger partial charge in [-0.3, -0.25) is 4.79 Å². The van der Waals surface area contributed by atoms with Gasteiger partial charge in [-0.2, -0.15) is 0 Å². The zero-order valence-corrected chi connectivity index (χ0v) is 13.5. The molecule has 0 aliphatic carbocycles. The Hall–Kier alpha value is -0.870. The van der Waals surface area contributed by atoms with E-state index in [-0.39, 0.29) is 18.1 Å². The highest BCUT2D eigenvalue weighted by Gasteiger charge is 2.26. The number of aryl methyl sites for hydroxylation is 2. The molecule has 0 radical (unpaired) electrons. The summed E-state index contributed by atoms with van der Waals surface area (Å²) in [5.41, 5.74) is 1.31. The third-order valence-corrected chi connectivity index (χ3v) is 5.03. The van der Waals surface area contributed by atoms with Crippen LogP contribution in [-0.4, -0.2) is 24.7 Å². The van der Waals surface area contributed by atoms with Crippen LogP contribution in [0, 0.1) is 6.92 Å². The Balaban J connectivity index is 2.01. The number of thiophene rings is 1. The summed E-state index contributed by atoms with van der Waals surface area (Å²) >= 11 is 1.60. The number of hydrogen-bond donors (Lipinski definition) is 1. The van der Waals surface area contributed by atoms with E-state index in [1.165, 1.54) is 10.4 Å². The molecule has 1 aliphatic rings. The summed E-state index contributed by atoms with van der Waals surface area (Å²) in [6, 6.07) is 2.20. The van der Waals surface area contributed by atoms with Gasteiger partial charge in [0.05, 0.1) is 17.0 Å². The van der Waals surface area contributed by atoms with Gasteiger partial charge in [-0.25, -0.2) is 0 Å². The van der Waals surface area contributed by atoms with Gasteiger partial charge in [0.25, 0.3) is 5.91 Å². The highest BCUT2D eigenvalue weighted by atomic mass is 32.1. The van der Waals surface area contributed by atoms with Crippen LogP contribution >= 0.6 is 11.3 Å². The molecule has 2 heterocycles. The van der Waals surface area contributed by atoms with Crippen LogP contribution in [-0.2, 0) is 11.2 Å². The van der Waals surface area contributed by atoms with Crippen LogP contribution in [0.2, 0.25) is 0 Å². The molecule has 0 aromatic carbocycles. The first-order chi connectivity index (χ1) is 9.65. The molecule has 3 nitrogen and oxygen atoms in total. The van der Waals surface area contributed by atoms with Crippen molar-refractivity contribution in [2.45, 2.75) is 65.0 Å². The Bertz CT molecular complexity index is 449. The smallest absolute Gasteiger partial charge is 0.261 e. The zero-order chi connectivity index (χ0) is 14.5. The molecule has 1 amide bonds. The molecule has 0 unspecified atom stereocenters. The van der Waals surface area contributed by atoms with Crippen LogP contribution in [0.4, 0.5) is 0 Å². The molecule has 112 valence electrons. The average Bonchev–Trinajstić information content (AvgIpc) is 3.07. The van der Waals surface area contributed by atoms with Gasteiger partial charge < -0.3 is 10.1 Å². The summed E-state index contributed by atoms with van der Waals surface area (Å²) in [4.78, 5) is 14.5. The first-order valence-corrected chi connectivity index (χ1v) is 8.49. The van der Waals surface area contributed by atoms with Crippen molar-refractivity contribution in [1.29, 1.82) is 0 Å². The summed E-state index contributed by atoms with van der Waals surface area (Å²) in [6.07, 6.45) is 5.45. The minimum atomic E-state index is 0.0582. The molecule has 1 fully saturated rings. The highest BCUT2D eigenvalue weighted by Crippen LogP contribution is 2.24. The number of rotatable bonds is 6. The van der Waals surface area contributed by atoms with Gasteiger partial charge in [0, 0.05) is 11.5 Å². The van der Waals surface area contributed by atoms with Crippen molar-refractivity contribution < 1.29 is 9.53 Å². The van der Waals surface area contributed by atoms with Crippen molar-refractivity contribution in [3.8, 4) is 0 Å². The lowest BCUT2D eigenvalue weighted by Gasteiger charge is -2.22. The molecule has 1 aromatic rings. The average molecular weight is 295 g/mol.